The SMILES string of the molecule is O=C(Oc1ccc(N2C(=O)[C@@H]3C4c5ccccc5C(c5ccccc54)[C@H]3C2=O)cc1)[C@H]1CC(=O)N(c2ccc(F)cc2)C1. The minimum atomic E-state index is -0.680. The van der Waals surface area contributed by atoms with Gasteiger partial charge >= 0.3 is 5.97 Å². The Labute approximate surface area is 246 Å². The van der Waals surface area contributed by atoms with Gasteiger partial charge in [-0.05, 0) is 70.8 Å². The number of hydrogen-bond donors (Lipinski definition) is 0. The maximum Gasteiger partial charge on any atom is 0.316 e. The fourth-order valence-electron chi connectivity index (χ4n) is 7.53. The van der Waals surface area contributed by atoms with E-state index in [9.17, 15) is 23.6 Å². The van der Waals surface area contributed by atoms with E-state index in [2.05, 4.69) is 24.3 Å². The molecule has 3 amide bonds. The number of anilines is 2. The third-order valence-corrected chi connectivity index (χ3v) is 9.36. The van der Waals surface area contributed by atoms with Crippen molar-refractivity contribution >= 4 is 35.1 Å². The van der Waals surface area contributed by atoms with Crippen LogP contribution in [0.3, 0.4) is 0 Å². The first kappa shape index (κ1) is 25.6. The Bertz CT molecular complexity index is 1720. The number of esters is 1. The van der Waals surface area contributed by atoms with Gasteiger partial charge in [-0.2, -0.15) is 0 Å². The van der Waals surface area contributed by atoms with Crippen LogP contribution in [0.15, 0.2) is 97.1 Å². The zero-order valence-corrected chi connectivity index (χ0v) is 22.9. The number of benzene rings is 4. The normalized spacial score (nSPS) is 25.0. The molecule has 0 N–H and O–H groups in total. The molecule has 3 aliphatic carbocycles. The largest absolute Gasteiger partial charge is 0.426 e. The first-order chi connectivity index (χ1) is 20.9. The van der Waals surface area contributed by atoms with Gasteiger partial charge in [0.25, 0.3) is 0 Å². The summed E-state index contributed by atoms with van der Waals surface area (Å²) in [5.41, 5.74) is 5.39. The lowest BCUT2D eigenvalue weighted by Gasteiger charge is -2.45. The van der Waals surface area contributed by atoms with Crippen molar-refractivity contribution in [1.29, 1.82) is 0 Å². The molecule has 212 valence electrons. The summed E-state index contributed by atoms with van der Waals surface area (Å²) in [6.07, 6.45) is -0.0129. The van der Waals surface area contributed by atoms with E-state index in [0.29, 0.717) is 11.4 Å². The van der Waals surface area contributed by atoms with Crippen LogP contribution in [0.5, 0.6) is 5.75 Å². The lowest BCUT2D eigenvalue weighted by Crippen LogP contribution is -2.41. The fraction of sp³-hybridized carbons (Fsp3) is 0.200. The Morgan fingerprint density at radius 1 is 0.674 bits per heavy atom. The van der Waals surface area contributed by atoms with E-state index in [1.807, 2.05) is 24.3 Å². The molecule has 2 heterocycles. The van der Waals surface area contributed by atoms with E-state index in [0.717, 1.165) is 22.3 Å². The average Bonchev–Trinajstić information content (AvgIpc) is 3.55. The summed E-state index contributed by atoms with van der Waals surface area (Å²) >= 11 is 0. The van der Waals surface area contributed by atoms with Gasteiger partial charge in [0, 0.05) is 30.5 Å². The van der Waals surface area contributed by atoms with E-state index in [1.54, 1.807) is 24.3 Å². The number of rotatable bonds is 4. The van der Waals surface area contributed by atoms with Crippen LogP contribution in [0.25, 0.3) is 0 Å². The van der Waals surface area contributed by atoms with Crippen LogP contribution in [0.2, 0.25) is 0 Å². The summed E-state index contributed by atoms with van der Waals surface area (Å²) in [4.78, 5) is 56.1. The second-order valence-corrected chi connectivity index (χ2v) is 11.6. The molecule has 0 aromatic heterocycles. The highest BCUT2D eigenvalue weighted by Gasteiger charge is 2.61. The molecule has 3 atom stereocenters. The first-order valence-electron chi connectivity index (χ1n) is 14.3. The lowest BCUT2D eigenvalue weighted by atomic mass is 9.55. The molecule has 43 heavy (non-hydrogen) atoms. The van der Waals surface area contributed by atoms with E-state index < -0.39 is 29.5 Å². The smallest absolute Gasteiger partial charge is 0.316 e. The number of hydrogen-bond acceptors (Lipinski definition) is 5. The molecule has 2 aliphatic heterocycles. The van der Waals surface area contributed by atoms with Crippen LogP contribution in [0, 0.1) is 23.6 Å². The van der Waals surface area contributed by atoms with Gasteiger partial charge in [0.1, 0.15) is 11.6 Å². The molecule has 2 fully saturated rings. The van der Waals surface area contributed by atoms with Crippen LogP contribution >= 0.6 is 0 Å². The number of halogens is 1. The number of imide groups is 1. The van der Waals surface area contributed by atoms with Crippen LogP contribution in [0.1, 0.15) is 40.5 Å². The molecule has 0 spiro atoms. The van der Waals surface area contributed by atoms with Crippen molar-refractivity contribution in [1.82, 2.24) is 0 Å². The zero-order chi connectivity index (χ0) is 29.4. The molecule has 9 rings (SSSR count). The minimum absolute atomic E-state index is 0.0129. The summed E-state index contributed by atoms with van der Waals surface area (Å²) in [6.45, 7) is 0.133. The van der Waals surface area contributed by atoms with E-state index >= 15 is 0 Å². The number of carbonyl (C=O) groups is 4. The molecule has 0 unspecified atom stereocenters. The van der Waals surface area contributed by atoms with Crippen LogP contribution in [-0.2, 0) is 19.2 Å². The molecule has 0 radical (unpaired) electrons. The van der Waals surface area contributed by atoms with Crippen molar-refractivity contribution in [3.8, 4) is 5.75 Å². The Morgan fingerprint density at radius 3 is 1.67 bits per heavy atom. The third kappa shape index (κ3) is 3.79. The van der Waals surface area contributed by atoms with Crippen molar-refractivity contribution in [2.45, 2.75) is 18.3 Å². The van der Waals surface area contributed by atoms with E-state index in [4.69, 9.17) is 4.74 Å². The third-order valence-electron chi connectivity index (χ3n) is 9.36. The van der Waals surface area contributed by atoms with Crippen molar-refractivity contribution in [3.63, 3.8) is 0 Å². The van der Waals surface area contributed by atoms with Gasteiger partial charge < -0.3 is 9.64 Å². The van der Waals surface area contributed by atoms with Gasteiger partial charge in [-0.15, -0.1) is 0 Å². The summed E-state index contributed by atoms with van der Waals surface area (Å²) in [5, 5.41) is 0. The van der Waals surface area contributed by atoms with Crippen molar-refractivity contribution in [3.05, 3.63) is 125 Å². The van der Waals surface area contributed by atoms with Gasteiger partial charge in [0.15, 0.2) is 0 Å². The summed E-state index contributed by atoms with van der Waals surface area (Å²) in [7, 11) is 0. The Morgan fingerprint density at radius 2 is 1.16 bits per heavy atom. The predicted octanol–water partition coefficient (Wildman–Crippen LogP) is 5.18. The fourth-order valence-corrected chi connectivity index (χ4v) is 7.53. The number of carbonyl (C=O) groups excluding carboxylic acids is 4. The van der Waals surface area contributed by atoms with Crippen molar-refractivity contribution < 1.29 is 28.3 Å². The zero-order valence-electron chi connectivity index (χ0n) is 22.9. The quantitative estimate of drug-likeness (QED) is 0.191. The lowest BCUT2D eigenvalue weighted by molar-refractivity contribution is -0.139. The standard InChI is InChI=1S/C35H25FN2O5/c36-20-9-11-21(12-10-20)37-18-19(17-28(37)39)35(42)43-23-15-13-22(14-16-23)38-33(40)31-29-24-5-1-2-6-25(24)30(32(31)34(38)41)27-8-4-3-7-26(27)29/h1-16,19,29-32H,17-18H2/t19-,29?,30?,31+,32+/m0/s1. The van der Waals surface area contributed by atoms with Crippen LogP contribution in [0.4, 0.5) is 15.8 Å². The molecule has 0 saturated carbocycles. The molecular formula is C35H25FN2O5. The van der Waals surface area contributed by atoms with Crippen LogP contribution < -0.4 is 14.5 Å². The topological polar surface area (TPSA) is 84.0 Å². The Balaban J connectivity index is 1.02. The second kappa shape index (κ2) is 9.46. The highest BCUT2D eigenvalue weighted by molar-refractivity contribution is 6.23. The first-order valence-corrected chi connectivity index (χ1v) is 14.3. The molecule has 5 aliphatic rings. The van der Waals surface area contributed by atoms with Crippen molar-refractivity contribution in [2.24, 2.45) is 17.8 Å². The average molecular weight is 573 g/mol. The number of amides is 3. The summed E-state index contributed by atoms with van der Waals surface area (Å²) in [5.74, 6) is -3.42. The molecule has 2 saturated heterocycles. The monoisotopic (exact) mass is 572 g/mol. The highest BCUT2D eigenvalue weighted by atomic mass is 19.1. The molecule has 2 bridgehead atoms. The molecule has 7 nitrogen and oxygen atoms in total. The number of ether oxygens (including phenoxy) is 1. The maximum atomic E-state index is 14.0. The molecule has 4 aromatic carbocycles. The minimum Gasteiger partial charge on any atom is -0.426 e. The van der Waals surface area contributed by atoms with Gasteiger partial charge in [-0.25, -0.2) is 9.29 Å². The summed E-state index contributed by atoms with van der Waals surface area (Å²) in [6, 6.07) is 28.1. The van der Waals surface area contributed by atoms with E-state index in [-0.39, 0.29) is 48.3 Å². The van der Waals surface area contributed by atoms with Gasteiger partial charge in [0.05, 0.1) is 23.4 Å². The highest BCUT2D eigenvalue weighted by Crippen LogP contribution is 2.61. The van der Waals surface area contributed by atoms with Crippen LogP contribution in [-0.4, -0.2) is 30.2 Å². The maximum absolute atomic E-state index is 14.0. The van der Waals surface area contributed by atoms with Gasteiger partial charge in [0.2, 0.25) is 17.7 Å². The van der Waals surface area contributed by atoms with Gasteiger partial charge in [-0.1, -0.05) is 48.5 Å². The van der Waals surface area contributed by atoms with Crippen molar-refractivity contribution in [2.75, 3.05) is 16.3 Å². The van der Waals surface area contributed by atoms with Gasteiger partial charge in [-0.3, -0.25) is 19.2 Å². The number of nitrogens with zero attached hydrogens (tertiary/aromatic N) is 2. The molecule has 4 aromatic rings. The summed E-state index contributed by atoms with van der Waals surface area (Å²) < 4.78 is 18.9. The van der Waals surface area contributed by atoms with E-state index in [1.165, 1.54) is 34.1 Å². The predicted molar refractivity (Wildman–Crippen MR) is 155 cm³/mol. The second-order valence-electron chi connectivity index (χ2n) is 11.6. The Hall–Kier alpha value is -5.11. The molecule has 8 heteroatoms. The Kier molecular flexibility index (Phi) is 5.63. The molecular weight excluding hydrogens is 547 g/mol.